The monoisotopic (exact) mass is 250 g/mol. The SMILES string of the molecule is CC(=O)OCCCOC(C)=O.CC(=O)O[SiH3]. The molecule has 0 N–H and O–H groups in total. The van der Waals surface area contributed by atoms with Gasteiger partial charge in [0.1, 0.15) is 0 Å². The highest BCUT2D eigenvalue weighted by Gasteiger charge is 1.94. The van der Waals surface area contributed by atoms with Gasteiger partial charge in [0.25, 0.3) is 5.97 Å². The van der Waals surface area contributed by atoms with Gasteiger partial charge in [-0.25, -0.2) is 0 Å². The summed E-state index contributed by atoms with van der Waals surface area (Å²) in [4.78, 5) is 30.0. The van der Waals surface area contributed by atoms with Gasteiger partial charge in [0.15, 0.2) is 0 Å². The van der Waals surface area contributed by atoms with E-state index in [1.165, 1.54) is 20.8 Å². The van der Waals surface area contributed by atoms with Gasteiger partial charge >= 0.3 is 11.9 Å². The summed E-state index contributed by atoms with van der Waals surface area (Å²) in [5.41, 5.74) is 0. The van der Waals surface area contributed by atoms with Crippen molar-refractivity contribution in [2.75, 3.05) is 13.2 Å². The van der Waals surface area contributed by atoms with Crippen LogP contribution in [0.4, 0.5) is 0 Å². The Morgan fingerprint density at radius 2 is 1.19 bits per heavy atom. The molecule has 0 heterocycles. The molecule has 0 atom stereocenters. The van der Waals surface area contributed by atoms with Crippen molar-refractivity contribution in [3.8, 4) is 0 Å². The number of hydrogen-bond donors (Lipinski definition) is 0. The standard InChI is InChI=1S/C7H12O4.C2H6O2Si/c1-6(8)10-4-3-5-11-7(2)9;1-2(3)4-5/h3-5H2,1-2H3;1,5H3. The molecule has 0 aliphatic carbocycles. The fraction of sp³-hybridized carbons (Fsp3) is 0.667. The molecule has 0 aliphatic heterocycles. The minimum absolute atomic E-state index is 0.184. The third-order valence-electron chi connectivity index (χ3n) is 1.19. The highest BCUT2D eigenvalue weighted by atomic mass is 28.2. The van der Waals surface area contributed by atoms with Gasteiger partial charge in [-0.05, 0) is 0 Å². The summed E-state index contributed by atoms with van der Waals surface area (Å²) in [5, 5.41) is 0. The summed E-state index contributed by atoms with van der Waals surface area (Å²) in [6.45, 7) is 4.69. The van der Waals surface area contributed by atoms with Gasteiger partial charge in [0.2, 0.25) is 10.5 Å². The molecule has 0 radical (unpaired) electrons. The molecule has 0 rings (SSSR count). The molecule has 6 nitrogen and oxygen atoms in total. The van der Waals surface area contributed by atoms with Crippen molar-refractivity contribution in [1.29, 1.82) is 0 Å². The first-order valence-corrected chi connectivity index (χ1v) is 5.53. The van der Waals surface area contributed by atoms with Crippen LogP contribution in [0.2, 0.25) is 0 Å². The van der Waals surface area contributed by atoms with Crippen LogP contribution in [0, 0.1) is 0 Å². The molecule has 0 amide bonds. The Bertz CT molecular complexity index is 212. The van der Waals surface area contributed by atoms with Crippen LogP contribution in [0.3, 0.4) is 0 Å². The molecule has 0 unspecified atom stereocenters. The van der Waals surface area contributed by atoms with E-state index >= 15 is 0 Å². The highest BCUT2D eigenvalue weighted by Crippen LogP contribution is 1.85. The molecular formula is C9H18O6Si. The van der Waals surface area contributed by atoms with Crippen molar-refractivity contribution >= 4 is 28.4 Å². The number of rotatable bonds is 4. The van der Waals surface area contributed by atoms with Crippen LogP contribution in [0.1, 0.15) is 27.2 Å². The van der Waals surface area contributed by atoms with Gasteiger partial charge in [-0.1, -0.05) is 0 Å². The number of ether oxygens (including phenoxy) is 2. The van der Waals surface area contributed by atoms with E-state index in [0.29, 0.717) is 30.1 Å². The van der Waals surface area contributed by atoms with Gasteiger partial charge < -0.3 is 13.9 Å². The maximum absolute atomic E-state index is 10.2. The molecule has 0 saturated heterocycles. The molecule has 0 bridgehead atoms. The maximum atomic E-state index is 10.2. The lowest BCUT2D eigenvalue weighted by molar-refractivity contribution is -0.143. The van der Waals surface area contributed by atoms with Crippen molar-refractivity contribution in [3.05, 3.63) is 0 Å². The van der Waals surface area contributed by atoms with Crippen molar-refractivity contribution in [1.82, 2.24) is 0 Å². The molecule has 0 aromatic rings. The van der Waals surface area contributed by atoms with E-state index in [0.717, 1.165) is 0 Å². The lowest BCUT2D eigenvalue weighted by Crippen LogP contribution is -2.06. The molecular weight excluding hydrogens is 232 g/mol. The molecule has 16 heavy (non-hydrogen) atoms. The quantitative estimate of drug-likeness (QED) is 0.374. The Balaban J connectivity index is 0. The second-order valence-corrected chi connectivity index (χ2v) is 3.14. The lowest BCUT2D eigenvalue weighted by atomic mass is 10.5. The zero-order valence-electron chi connectivity index (χ0n) is 10.1. The van der Waals surface area contributed by atoms with Gasteiger partial charge in [-0.15, -0.1) is 0 Å². The summed E-state index contributed by atoms with van der Waals surface area (Å²) in [6, 6.07) is 0. The molecule has 0 aromatic heterocycles. The van der Waals surface area contributed by atoms with E-state index in [2.05, 4.69) is 13.9 Å². The molecule has 0 saturated carbocycles. The number of carbonyl (C=O) groups excluding carboxylic acids is 3. The maximum Gasteiger partial charge on any atom is 0.302 e. The third kappa shape index (κ3) is 22.9. The molecule has 0 aromatic carbocycles. The normalized spacial score (nSPS) is 8.44. The van der Waals surface area contributed by atoms with Crippen LogP contribution in [-0.2, 0) is 28.3 Å². The van der Waals surface area contributed by atoms with Gasteiger partial charge in [-0.2, -0.15) is 0 Å². The van der Waals surface area contributed by atoms with Crippen LogP contribution in [0.25, 0.3) is 0 Å². The Morgan fingerprint density at radius 3 is 1.38 bits per heavy atom. The first kappa shape index (κ1) is 17.0. The number of hydrogen-bond acceptors (Lipinski definition) is 6. The summed E-state index contributed by atoms with van der Waals surface area (Å²) < 4.78 is 13.4. The third-order valence-corrected chi connectivity index (χ3v) is 1.76. The average Bonchev–Trinajstić information content (AvgIpc) is 2.17. The van der Waals surface area contributed by atoms with E-state index in [1.807, 2.05) is 0 Å². The minimum atomic E-state index is -0.312. The second kappa shape index (κ2) is 11.7. The molecule has 0 aliphatic rings. The molecule has 94 valence electrons. The zero-order chi connectivity index (χ0) is 13.0. The van der Waals surface area contributed by atoms with Crippen LogP contribution in [-0.4, -0.2) is 41.6 Å². The van der Waals surface area contributed by atoms with Crippen LogP contribution in [0.15, 0.2) is 0 Å². The Kier molecular flexibility index (Phi) is 12.5. The smallest absolute Gasteiger partial charge is 0.302 e. The average molecular weight is 250 g/mol. The second-order valence-electron chi connectivity index (χ2n) is 2.73. The first-order valence-electron chi connectivity index (χ1n) is 4.71. The predicted molar refractivity (Wildman–Crippen MR) is 59.6 cm³/mol. The van der Waals surface area contributed by atoms with E-state index in [-0.39, 0.29) is 17.9 Å². The predicted octanol–water partition coefficient (Wildman–Crippen LogP) is -0.667. The Labute approximate surface area is 97.8 Å². The molecule has 0 spiro atoms. The Morgan fingerprint density at radius 1 is 0.875 bits per heavy atom. The van der Waals surface area contributed by atoms with E-state index in [4.69, 9.17) is 0 Å². The summed E-state index contributed by atoms with van der Waals surface area (Å²) in [5.74, 6) is -0.808. The van der Waals surface area contributed by atoms with E-state index in [1.54, 1.807) is 0 Å². The van der Waals surface area contributed by atoms with E-state index in [9.17, 15) is 14.4 Å². The lowest BCUT2D eigenvalue weighted by Gasteiger charge is -2.01. The van der Waals surface area contributed by atoms with E-state index < -0.39 is 0 Å². The Hall–Kier alpha value is -1.37. The zero-order valence-corrected chi connectivity index (χ0v) is 12.1. The largest absolute Gasteiger partial charge is 0.529 e. The molecule has 7 heteroatoms. The van der Waals surface area contributed by atoms with Crippen LogP contribution in [0.5, 0.6) is 0 Å². The van der Waals surface area contributed by atoms with Crippen molar-refractivity contribution in [2.24, 2.45) is 0 Å². The summed E-state index contributed by atoms with van der Waals surface area (Å²) in [7, 11) is 0.524. The first-order chi connectivity index (χ1) is 7.40. The van der Waals surface area contributed by atoms with Gasteiger partial charge in [-0.3, -0.25) is 14.4 Å². The van der Waals surface area contributed by atoms with Gasteiger partial charge in [0, 0.05) is 27.2 Å². The van der Waals surface area contributed by atoms with Crippen molar-refractivity contribution in [3.63, 3.8) is 0 Å². The summed E-state index contributed by atoms with van der Waals surface area (Å²) in [6.07, 6.45) is 0.555. The molecule has 0 fully saturated rings. The number of carbonyl (C=O) groups is 3. The highest BCUT2D eigenvalue weighted by molar-refractivity contribution is 6.04. The minimum Gasteiger partial charge on any atom is -0.529 e. The van der Waals surface area contributed by atoms with Crippen molar-refractivity contribution < 1.29 is 28.3 Å². The van der Waals surface area contributed by atoms with Gasteiger partial charge in [0.05, 0.1) is 13.2 Å². The van der Waals surface area contributed by atoms with Crippen LogP contribution >= 0.6 is 0 Å². The fourth-order valence-corrected chi connectivity index (χ4v) is 0.491. The van der Waals surface area contributed by atoms with Crippen molar-refractivity contribution in [2.45, 2.75) is 27.2 Å². The fourth-order valence-electron chi connectivity index (χ4n) is 0.491. The van der Waals surface area contributed by atoms with Crippen LogP contribution < -0.4 is 0 Å². The summed E-state index contributed by atoms with van der Waals surface area (Å²) >= 11 is 0. The number of esters is 2. The topological polar surface area (TPSA) is 78.9 Å².